The Morgan fingerprint density at radius 2 is 2.19 bits per heavy atom. The van der Waals surface area contributed by atoms with Crippen LogP contribution in [0.15, 0.2) is 4.99 Å². The van der Waals surface area contributed by atoms with Gasteiger partial charge < -0.3 is 15.0 Å². The molecule has 16 heavy (non-hydrogen) atoms. The summed E-state index contributed by atoms with van der Waals surface area (Å²) in [4.78, 5) is 6.82. The van der Waals surface area contributed by atoms with Crippen LogP contribution < -0.4 is 5.32 Å². The van der Waals surface area contributed by atoms with E-state index in [2.05, 4.69) is 22.3 Å². The summed E-state index contributed by atoms with van der Waals surface area (Å²) in [5, 5.41) is 3.44. The first-order chi connectivity index (χ1) is 7.83. The van der Waals surface area contributed by atoms with E-state index < -0.39 is 0 Å². The Morgan fingerprint density at radius 3 is 3.00 bits per heavy atom. The van der Waals surface area contributed by atoms with E-state index >= 15 is 0 Å². The summed E-state index contributed by atoms with van der Waals surface area (Å²) in [6.45, 7) is 4.82. The largest absolute Gasteiger partial charge is 0.383 e. The van der Waals surface area contributed by atoms with Gasteiger partial charge in [-0.25, -0.2) is 0 Å². The first-order valence-electron chi connectivity index (χ1n) is 6.27. The minimum absolute atomic E-state index is 0.803. The molecule has 0 amide bonds. The molecule has 94 valence electrons. The van der Waals surface area contributed by atoms with Gasteiger partial charge in [-0.15, -0.1) is 0 Å². The minimum atomic E-state index is 0.803. The molecule has 1 aliphatic heterocycles. The first-order valence-corrected chi connectivity index (χ1v) is 6.27. The predicted octanol–water partition coefficient (Wildman–Crippen LogP) is 1.13. The number of rotatable bonds is 6. The van der Waals surface area contributed by atoms with E-state index in [0.717, 1.165) is 39.2 Å². The average Bonchev–Trinajstić information content (AvgIpc) is 2.55. The van der Waals surface area contributed by atoms with Crippen LogP contribution in [0.3, 0.4) is 0 Å². The molecule has 0 aliphatic carbocycles. The summed E-state index contributed by atoms with van der Waals surface area (Å²) in [5.41, 5.74) is 0. The summed E-state index contributed by atoms with van der Waals surface area (Å²) in [6, 6.07) is 0. The van der Waals surface area contributed by atoms with Gasteiger partial charge in [-0.1, -0.05) is 6.42 Å². The fourth-order valence-corrected chi connectivity index (χ4v) is 1.77. The molecule has 0 saturated heterocycles. The second-order valence-corrected chi connectivity index (χ2v) is 4.36. The number of likely N-dealkylation sites (N-methyl/N-ethyl adjacent to an activating group) is 1. The molecule has 0 spiro atoms. The fraction of sp³-hybridized carbons (Fsp3) is 0.917. The molecule has 0 fully saturated rings. The Labute approximate surface area is 99.1 Å². The van der Waals surface area contributed by atoms with Crippen LogP contribution in [0.25, 0.3) is 0 Å². The second-order valence-electron chi connectivity index (χ2n) is 4.36. The van der Waals surface area contributed by atoms with Gasteiger partial charge in [0.2, 0.25) is 0 Å². The van der Waals surface area contributed by atoms with E-state index in [-0.39, 0.29) is 0 Å². The van der Waals surface area contributed by atoms with E-state index in [0.29, 0.717) is 0 Å². The maximum Gasteiger partial charge on any atom is 0.0963 e. The maximum atomic E-state index is 5.04. The van der Waals surface area contributed by atoms with Crippen LogP contribution in [0.5, 0.6) is 0 Å². The van der Waals surface area contributed by atoms with Crippen molar-refractivity contribution < 1.29 is 4.74 Å². The molecule has 0 radical (unpaired) electrons. The molecule has 0 bridgehead atoms. The Balaban J connectivity index is 2.07. The monoisotopic (exact) mass is 227 g/mol. The molecular weight excluding hydrogens is 202 g/mol. The van der Waals surface area contributed by atoms with Crippen LogP contribution in [0.1, 0.15) is 25.7 Å². The van der Waals surface area contributed by atoms with E-state index in [1.165, 1.54) is 25.1 Å². The zero-order chi connectivity index (χ0) is 11.6. The number of methoxy groups -OCH3 is 1. The number of hydrogen-bond donors (Lipinski definition) is 1. The first kappa shape index (κ1) is 13.5. The molecule has 1 heterocycles. The molecule has 4 nitrogen and oxygen atoms in total. The van der Waals surface area contributed by atoms with Gasteiger partial charge in [0, 0.05) is 39.7 Å². The number of aliphatic imine (C=N–C) groups is 1. The van der Waals surface area contributed by atoms with E-state index in [9.17, 15) is 0 Å². The molecule has 0 aromatic rings. The van der Waals surface area contributed by atoms with Crippen molar-refractivity contribution >= 4 is 5.84 Å². The van der Waals surface area contributed by atoms with Crippen molar-refractivity contribution in [2.45, 2.75) is 25.7 Å². The van der Waals surface area contributed by atoms with Crippen LogP contribution in [0.2, 0.25) is 0 Å². The topological polar surface area (TPSA) is 36.9 Å². The maximum absolute atomic E-state index is 5.04. The van der Waals surface area contributed by atoms with E-state index in [1.54, 1.807) is 7.11 Å². The van der Waals surface area contributed by atoms with Crippen LogP contribution >= 0.6 is 0 Å². The molecule has 1 rings (SSSR count). The second kappa shape index (κ2) is 8.53. The smallest absolute Gasteiger partial charge is 0.0963 e. The summed E-state index contributed by atoms with van der Waals surface area (Å²) < 4.78 is 5.04. The lowest BCUT2D eigenvalue weighted by Crippen LogP contribution is -2.34. The summed E-state index contributed by atoms with van der Waals surface area (Å²) >= 11 is 0. The molecule has 1 aliphatic rings. The van der Waals surface area contributed by atoms with Crippen molar-refractivity contribution in [2.75, 3.05) is 46.9 Å². The summed E-state index contributed by atoms with van der Waals surface area (Å²) in [7, 11) is 3.86. The lowest BCUT2D eigenvalue weighted by molar-refractivity contribution is 0.162. The van der Waals surface area contributed by atoms with Gasteiger partial charge >= 0.3 is 0 Å². The SMILES string of the molecule is COCCN(C)CCNC1=NCCCCC1. The third kappa shape index (κ3) is 6.08. The molecule has 0 saturated carbocycles. The van der Waals surface area contributed by atoms with Crippen LogP contribution in [0.4, 0.5) is 0 Å². The standard InChI is InChI=1S/C12H25N3O/c1-15(10-11-16-2)9-8-14-12-6-4-3-5-7-13-12/h3-11H2,1-2H3,(H,13,14). The third-order valence-electron chi connectivity index (χ3n) is 2.87. The molecule has 0 atom stereocenters. The quantitative estimate of drug-likeness (QED) is 0.739. The van der Waals surface area contributed by atoms with Crippen LogP contribution in [0, 0.1) is 0 Å². The minimum Gasteiger partial charge on any atom is -0.383 e. The van der Waals surface area contributed by atoms with E-state index in [1.807, 2.05) is 0 Å². The molecule has 4 heteroatoms. The highest BCUT2D eigenvalue weighted by Crippen LogP contribution is 2.05. The van der Waals surface area contributed by atoms with E-state index in [4.69, 9.17) is 4.74 Å². The van der Waals surface area contributed by atoms with Gasteiger partial charge in [0.15, 0.2) is 0 Å². The van der Waals surface area contributed by atoms with Crippen molar-refractivity contribution in [2.24, 2.45) is 4.99 Å². The third-order valence-corrected chi connectivity index (χ3v) is 2.87. The Kier molecular flexibility index (Phi) is 7.17. The van der Waals surface area contributed by atoms with Gasteiger partial charge in [0.25, 0.3) is 0 Å². The normalized spacial score (nSPS) is 17.1. The highest BCUT2D eigenvalue weighted by molar-refractivity contribution is 5.82. The number of ether oxygens (including phenoxy) is 1. The van der Waals surface area contributed by atoms with Crippen molar-refractivity contribution in [3.05, 3.63) is 0 Å². The highest BCUT2D eigenvalue weighted by Gasteiger charge is 2.03. The Morgan fingerprint density at radius 1 is 1.31 bits per heavy atom. The number of hydrogen-bond acceptors (Lipinski definition) is 4. The number of nitrogens with zero attached hydrogens (tertiary/aromatic N) is 2. The highest BCUT2D eigenvalue weighted by atomic mass is 16.5. The predicted molar refractivity (Wildman–Crippen MR) is 68.1 cm³/mol. The number of nitrogens with one attached hydrogen (secondary N) is 1. The van der Waals surface area contributed by atoms with Gasteiger partial charge in [0.1, 0.15) is 0 Å². The van der Waals surface area contributed by atoms with Gasteiger partial charge in [-0.2, -0.15) is 0 Å². The zero-order valence-electron chi connectivity index (χ0n) is 10.7. The van der Waals surface area contributed by atoms with Crippen LogP contribution in [-0.2, 0) is 4.74 Å². The van der Waals surface area contributed by atoms with Gasteiger partial charge in [-0.3, -0.25) is 4.99 Å². The van der Waals surface area contributed by atoms with Crippen molar-refractivity contribution in [1.29, 1.82) is 0 Å². The summed E-state index contributed by atoms with van der Waals surface area (Å²) in [6.07, 6.45) is 4.98. The Bertz CT molecular complexity index is 206. The van der Waals surface area contributed by atoms with Gasteiger partial charge in [-0.05, 0) is 19.9 Å². The molecular formula is C12H25N3O. The van der Waals surface area contributed by atoms with Gasteiger partial charge in [0.05, 0.1) is 12.4 Å². The summed E-state index contributed by atoms with van der Waals surface area (Å²) in [5.74, 6) is 1.21. The molecule has 1 N–H and O–H groups in total. The average molecular weight is 227 g/mol. The van der Waals surface area contributed by atoms with Crippen LogP contribution in [-0.4, -0.2) is 57.7 Å². The number of amidine groups is 1. The molecule has 0 aromatic heterocycles. The zero-order valence-corrected chi connectivity index (χ0v) is 10.7. The lowest BCUT2D eigenvalue weighted by atomic mass is 10.2. The molecule has 0 aromatic carbocycles. The Hall–Kier alpha value is -0.610. The lowest BCUT2D eigenvalue weighted by Gasteiger charge is -2.17. The van der Waals surface area contributed by atoms with Crippen molar-refractivity contribution in [1.82, 2.24) is 10.2 Å². The fourth-order valence-electron chi connectivity index (χ4n) is 1.77. The van der Waals surface area contributed by atoms with Crippen molar-refractivity contribution in [3.8, 4) is 0 Å². The molecule has 0 unspecified atom stereocenters. The van der Waals surface area contributed by atoms with Crippen molar-refractivity contribution in [3.63, 3.8) is 0 Å².